The van der Waals surface area contributed by atoms with E-state index in [0.29, 0.717) is 26.3 Å². The molecule has 126 valence electrons. The Hall–Kier alpha value is -1.92. The second-order valence-corrected chi connectivity index (χ2v) is 6.71. The number of amides is 2. The lowest BCUT2D eigenvalue weighted by Gasteiger charge is -2.29. The van der Waals surface area contributed by atoms with E-state index in [2.05, 4.69) is 5.32 Å². The second-order valence-electron chi connectivity index (χ2n) is 5.07. The maximum absolute atomic E-state index is 12.8. The second kappa shape index (κ2) is 7.14. The van der Waals surface area contributed by atoms with E-state index in [4.69, 9.17) is 47.0 Å². The highest BCUT2D eigenvalue weighted by Gasteiger charge is 2.34. The van der Waals surface area contributed by atoms with Gasteiger partial charge in [0.15, 0.2) is 5.11 Å². The molecule has 2 amide bonds. The lowest BCUT2D eigenvalue weighted by Crippen LogP contribution is -2.54. The summed E-state index contributed by atoms with van der Waals surface area (Å²) in [7, 11) is 0. The molecule has 2 aromatic carbocycles. The number of thiocarbonyl (C=S) groups is 1. The molecule has 0 unspecified atom stereocenters. The molecule has 2 aromatic rings. The van der Waals surface area contributed by atoms with Gasteiger partial charge in [-0.15, -0.1) is 0 Å². The minimum atomic E-state index is -0.615. The smallest absolute Gasteiger partial charge is 0.270 e. The van der Waals surface area contributed by atoms with Crippen molar-refractivity contribution in [2.24, 2.45) is 0 Å². The molecule has 0 saturated carbocycles. The number of halogens is 3. The van der Waals surface area contributed by atoms with Gasteiger partial charge in [0.25, 0.3) is 11.8 Å². The number of hydrogen-bond donors (Lipinski definition) is 1. The van der Waals surface area contributed by atoms with Gasteiger partial charge in [0.2, 0.25) is 0 Å². The van der Waals surface area contributed by atoms with E-state index in [1.165, 1.54) is 11.0 Å². The van der Waals surface area contributed by atoms with Crippen LogP contribution in [0.3, 0.4) is 0 Å². The summed E-state index contributed by atoms with van der Waals surface area (Å²) in [4.78, 5) is 26.3. The van der Waals surface area contributed by atoms with E-state index in [1.807, 2.05) is 0 Å². The molecule has 0 aliphatic carbocycles. The molecule has 1 heterocycles. The Morgan fingerprint density at radius 2 is 1.56 bits per heavy atom. The fraction of sp³-hybridized carbons (Fsp3) is 0. The molecule has 0 radical (unpaired) electrons. The molecule has 1 saturated heterocycles. The first kappa shape index (κ1) is 17.9. The number of hydrogen-bond acceptors (Lipinski definition) is 3. The number of rotatable bonds is 2. The summed E-state index contributed by atoms with van der Waals surface area (Å²) < 4.78 is 0. The normalized spacial score (nSPS) is 16.4. The highest BCUT2D eigenvalue weighted by Crippen LogP contribution is 2.29. The average molecular weight is 412 g/mol. The number of benzene rings is 2. The average Bonchev–Trinajstić information content (AvgIpc) is 2.55. The predicted molar refractivity (Wildman–Crippen MR) is 104 cm³/mol. The summed E-state index contributed by atoms with van der Waals surface area (Å²) in [6, 6.07) is 11.4. The summed E-state index contributed by atoms with van der Waals surface area (Å²) in [6.07, 6.45) is 1.35. The van der Waals surface area contributed by atoms with Gasteiger partial charge in [0.1, 0.15) is 5.57 Å². The maximum atomic E-state index is 12.8. The van der Waals surface area contributed by atoms with Gasteiger partial charge in [-0.3, -0.25) is 19.8 Å². The molecule has 0 aromatic heterocycles. The fourth-order valence-corrected chi connectivity index (χ4v) is 3.19. The standard InChI is InChI=1S/C17H9Cl3N2O2S/c18-9-4-6-10(7-5-9)22-16(24)12(15(23)21-17(22)25)8-11-13(19)2-1-3-14(11)20/h1-8H,(H,21,23,25)/b12-8+. The zero-order valence-electron chi connectivity index (χ0n) is 12.4. The molecule has 1 aliphatic heterocycles. The van der Waals surface area contributed by atoms with E-state index in [9.17, 15) is 9.59 Å². The van der Waals surface area contributed by atoms with Crippen molar-refractivity contribution in [3.8, 4) is 0 Å². The first-order valence-corrected chi connectivity index (χ1v) is 8.54. The van der Waals surface area contributed by atoms with Crippen molar-refractivity contribution in [1.29, 1.82) is 0 Å². The van der Waals surface area contributed by atoms with Crippen molar-refractivity contribution in [2.75, 3.05) is 4.90 Å². The van der Waals surface area contributed by atoms with E-state index < -0.39 is 11.8 Å². The van der Waals surface area contributed by atoms with Gasteiger partial charge in [-0.1, -0.05) is 40.9 Å². The molecular weight excluding hydrogens is 403 g/mol. The van der Waals surface area contributed by atoms with Crippen LogP contribution in [0.15, 0.2) is 48.0 Å². The van der Waals surface area contributed by atoms with Crippen molar-refractivity contribution < 1.29 is 9.59 Å². The van der Waals surface area contributed by atoms with Crippen LogP contribution in [0.4, 0.5) is 5.69 Å². The van der Waals surface area contributed by atoms with Crippen molar-refractivity contribution in [3.05, 3.63) is 68.7 Å². The molecule has 1 fully saturated rings. The SMILES string of the molecule is O=C1NC(=S)N(c2ccc(Cl)cc2)C(=O)/C1=C/c1c(Cl)cccc1Cl. The molecule has 0 spiro atoms. The summed E-state index contributed by atoms with van der Waals surface area (Å²) in [5.74, 6) is -1.19. The molecule has 8 heteroatoms. The van der Waals surface area contributed by atoms with Crippen LogP contribution in [0, 0.1) is 0 Å². The monoisotopic (exact) mass is 410 g/mol. The first-order chi connectivity index (χ1) is 11.9. The van der Waals surface area contributed by atoms with Crippen molar-refractivity contribution in [2.45, 2.75) is 0 Å². The van der Waals surface area contributed by atoms with Crippen molar-refractivity contribution >= 4 is 75.7 Å². The lowest BCUT2D eigenvalue weighted by molar-refractivity contribution is -0.122. The number of nitrogens with zero attached hydrogens (tertiary/aromatic N) is 1. The largest absolute Gasteiger partial charge is 0.298 e. The Balaban J connectivity index is 2.07. The Kier molecular flexibility index (Phi) is 5.11. The Morgan fingerprint density at radius 3 is 2.16 bits per heavy atom. The number of anilines is 1. The van der Waals surface area contributed by atoms with Crippen LogP contribution in [0.2, 0.25) is 15.1 Å². The van der Waals surface area contributed by atoms with Crippen molar-refractivity contribution in [3.63, 3.8) is 0 Å². The topological polar surface area (TPSA) is 49.4 Å². The third-order valence-electron chi connectivity index (χ3n) is 3.47. The third-order valence-corrected chi connectivity index (χ3v) is 4.67. The highest BCUT2D eigenvalue weighted by molar-refractivity contribution is 7.80. The van der Waals surface area contributed by atoms with Gasteiger partial charge < -0.3 is 0 Å². The minimum Gasteiger partial charge on any atom is -0.298 e. The van der Waals surface area contributed by atoms with Crippen molar-refractivity contribution in [1.82, 2.24) is 5.32 Å². The Bertz CT molecular complexity index is 906. The highest BCUT2D eigenvalue weighted by atomic mass is 35.5. The van der Waals surface area contributed by atoms with E-state index in [-0.39, 0.29) is 10.7 Å². The molecule has 25 heavy (non-hydrogen) atoms. The summed E-state index contributed by atoms with van der Waals surface area (Å²) in [6.45, 7) is 0. The van der Waals surface area contributed by atoms with Gasteiger partial charge in [-0.05, 0) is 54.7 Å². The summed E-state index contributed by atoms with van der Waals surface area (Å²) in [5.41, 5.74) is 0.738. The Morgan fingerprint density at radius 1 is 0.960 bits per heavy atom. The van der Waals surface area contributed by atoms with Crippen LogP contribution in [0.25, 0.3) is 6.08 Å². The fourth-order valence-electron chi connectivity index (χ4n) is 2.28. The van der Waals surface area contributed by atoms with Gasteiger partial charge in [0, 0.05) is 20.6 Å². The molecule has 0 atom stereocenters. The maximum Gasteiger partial charge on any atom is 0.270 e. The zero-order chi connectivity index (χ0) is 18.1. The van der Waals surface area contributed by atoms with E-state index in [0.717, 1.165) is 0 Å². The van der Waals surface area contributed by atoms with Gasteiger partial charge >= 0.3 is 0 Å². The van der Waals surface area contributed by atoms with Crippen LogP contribution >= 0.6 is 47.0 Å². The van der Waals surface area contributed by atoms with E-state index in [1.54, 1.807) is 42.5 Å². The van der Waals surface area contributed by atoms with Crippen LogP contribution in [-0.4, -0.2) is 16.9 Å². The molecule has 3 rings (SSSR count). The van der Waals surface area contributed by atoms with Crippen LogP contribution < -0.4 is 10.2 Å². The lowest BCUT2D eigenvalue weighted by atomic mass is 10.1. The van der Waals surface area contributed by atoms with Gasteiger partial charge in [-0.2, -0.15) is 0 Å². The molecule has 1 N–H and O–H groups in total. The number of carbonyl (C=O) groups excluding carboxylic acids is 2. The zero-order valence-corrected chi connectivity index (χ0v) is 15.5. The molecule has 4 nitrogen and oxygen atoms in total. The quantitative estimate of drug-likeness (QED) is 0.450. The van der Waals surface area contributed by atoms with Crippen LogP contribution in [-0.2, 0) is 9.59 Å². The summed E-state index contributed by atoms with van der Waals surface area (Å²) in [5, 5.41) is 3.65. The number of carbonyl (C=O) groups is 2. The Labute approximate surface area is 164 Å². The number of nitrogens with one attached hydrogen (secondary N) is 1. The van der Waals surface area contributed by atoms with Crippen LogP contribution in [0.1, 0.15) is 5.56 Å². The molecule has 1 aliphatic rings. The van der Waals surface area contributed by atoms with Crippen LogP contribution in [0.5, 0.6) is 0 Å². The summed E-state index contributed by atoms with van der Waals surface area (Å²) >= 11 is 23.2. The first-order valence-electron chi connectivity index (χ1n) is 6.99. The minimum absolute atomic E-state index is 0.0141. The third kappa shape index (κ3) is 3.55. The molecular formula is C17H9Cl3N2O2S. The van der Waals surface area contributed by atoms with E-state index >= 15 is 0 Å². The van der Waals surface area contributed by atoms with Gasteiger partial charge in [0.05, 0.1) is 5.69 Å². The molecule has 0 bridgehead atoms. The predicted octanol–water partition coefficient (Wildman–Crippen LogP) is 4.48. The van der Waals surface area contributed by atoms with Gasteiger partial charge in [-0.25, -0.2) is 0 Å².